The van der Waals surface area contributed by atoms with Gasteiger partial charge in [0.1, 0.15) is 0 Å². The summed E-state index contributed by atoms with van der Waals surface area (Å²) in [4.78, 5) is 0. The van der Waals surface area contributed by atoms with Gasteiger partial charge in [-0.2, -0.15) is 0 Å². The minimum atomic E-state index is 0.829. The van der Waals surface area contributed by atoms with Gasteiger partial charge in [0, 0.05) is 10.7 Å². The molecule has 0 saturated heterocycles. The van der Waals surface area contributed by atoms with E-state index >= 15 is 0 Å². The Balaban J connectivity index is 3.08. The third-order valence-electron chi connectivity index (χ3n) is 0.528. The Bertz CT molecular complexity index is 87.2. The van der Waals surface area contributed by atoms with E-state index < -0.39 is 0 Å². The SMILES string of the molecule is BrC/C=C/O/C=C/CBr. The number of hydrogen-bond acceptors (Lipinski definition) is 1. The Morgan fingerprint density at radius 2 is 1.44 bits per heavy atom. The zero-order valence-corrected chi connectivity index (χ0v) is 8.06. The maximum absolute atomic E-state index is 4.89. The second-order valence-electron chi connectivity index (χ2n) is 1.19. The second-order valence-corrected chi connectivity index (χ2v) is 2.48. The van der Waals surface area contributed by atoms with Gasteiger partial charge in [-0.1, -0.05) is 31.9 Å². The van der Waals surface area contributed by atoms with Crippen LogP contribution in [-0.4, -0.2) is 10.7 Å². The van der Waals surface area contributed by atoms with Crippen molar-refractivity contribution < 1.29 is 4.74 Å². The Labute approximate surface area is 72.0 Å². The topological polar surface area (TPSA) is 9.23 Å². The molecule has 0 aliphatic rings. The Morgan fingerprint density at radius 3 is 1.78 bits per heavy atom. The Hall–Kier alpha value is 0.240. The van der Waals surface area contributed by atoms with Crippen molar-refractivity contribution in [3.63, 3.8) is 0 Å². The molecule has 0 heterocycles. The molecule has 0 N–H and O–H groups in total. The van der Waals surface area contributed by atoms with Crippen LogP contribution >= 0.6 is 31.9 Å². The second kappa shape index (κ2) is 8.24. The quantitative estimate of drug-likeness (QED) is 0.555. The van der Waals surface area contributed by atoms with Gasteiger partial charge in [0.2, 0.25) is 0 Å². The summed E-state index contributed by atoms with van der Waals surface area (Å²) in [6.07, 6.45) is 7.01. The summed E-state index contributed by atoms with van der Waals surface area (Å²) in [6.45, 7) is 0. The van der Waals surface area contributed by atoms with Gasteiger partial charge in [0.05, 0.1) is 12.5 Å². The number of rotatable bonds is 4. The van der Waals surface area contributed by atoms with Gasteiger partial charge >= 0.3 is 0 Å². The summed E-state index contributed by atoms with van der Waals surface area (Å²) >= 11 is 6.44. The molecular weight excluding hydrogens is 248 g/mol. The minimum absolute atomic E-state index is 0.829. The van der Waals surface area contributed by atoms with Crippen LogP contribution in [0.2, 0.25) is 0 Å². The first kappa shape index (κ1) is 9.24. The summed E-state index contributed by atoms with van der Waals surface area (Å²) in [5.41, 5.74) is 0. The average molecular weight is 256 g/mol. The van der Waals surface area contributed by atoms with Gasteiger partial charge < -0.3 is 4.74 Å². The average Bonchev–Trinajstić information content (AvgIpc) is 1.89. The zero-order valence-electron chi connectivity index (χ0n) is 4.89. The van der Waals surface area contributed by atoms with Gasteiger partial charge in [-0.3, -0.25) is 0 Å². The van der Waals surface area contributed by atoms with Gasteiger partial charge in [-0.15, -0.1) is 0 Å². The summed E-state index contributed by atoms with van der Waals surface area (Å²) in [5, 5.41) is 1.66. The van der Waals surface area contributed by atoms with Gasteiger partial charge in [-0.25, -0.2) is 0 Å². The van der Waals surface area contributed by atoms with E-state index in [9.17, 15) is 0 Å². The molecule has 0 aromatic heterocycles. The molecule has 9 heavy (non-hydrogen) atoms. The van der Waals surface area contributed by atoms with Crippen molar-refractivity contribution in [3.8, 4) is 0 Å². The largest absolute Gasteiger partial charge is 0.473 e. The van der Waals surface area contributed by atoms with Crippen molar-refractivity contribution in [1.82, 2.24) is 0 Å². The highest BCUT2D eigenvalue weighted by Crippen LogP contribution is 1.86. The Morgan fingerprint density at radius 1 is 1.00 bits per heavy atom. The molecule has 0 amide bonds. The van der Waals surface area contributed by atoms with E-state index in [2.05, 4.69) is 31.9 Å². The molecule has 0 fully saturated rings. The van der Waals surface area contributed by atoms with Crippen molar-refractivity contribution >= 4 is 31.9 Å². The van der Waals surface area contributed by atoms with Crippen LogP contribution < -0.4 is 0 Å². The number of alkyl halides is 2. The summed E-state index contributed by atoms with van der Waals surface area (Å²) in [7, 11) is 0. The monoisotopic (exact) mass is 254 g/mol. The summed E-state index contributed by atoms with van der Waals surface area (Å²) < 4.78 is 4.89. The highest BCUT2D eigenvalue weighted by atomic mass is 79.9. The molecule has 0 aromatic rings. The number of ether oxygens (including phenoxy) is 1. The predicted molar refractivity (Wildman–Crippen MR) is 47.0 cm³/mol. The smallest absolute Gasteiger partial charge is 0.0869 e. The zero-order chi connectivity index (χ0) is 6.95. The van der Waals surface area contributed by atoms with Crippen LogP contribution in [0.3, 0.4) is 0 Å². The van der Waals surface area contributed by atoms with E-state index in [1.807, 2.05) is 12.2 Å². The van der Waals surface area contributed by atoms with Crippen molar-refractivity contribution in [2.75, 3.05) is 10.7 Å². The molecule has 3 heteroatoms. The molecule has 52 valence electrons. The summed E-state index contributed by atoms with van der Waals surface area (Å²) in [6, 6.07) is 0. The third kappa shape index (κ3) is 8.24. The van der Waals surface area contributed by atoms with E-state index in [-0.39, 0.29) is 0 Å². The lowest BCUT2D eigenvalue weighted by atomic mass is 10.7. The van der Waals surface area contributed by atoms with E-state index in [0.717, 1.165) is 10.7 Å². The summed E-state index contributed by atoms with van der Waals surface area (Å²) in [5.74, 6) is 0. The molecule has 1 nitrogen and oxygen atoms in total. The number of hydrogen-bond donors (Lipinski definition) is 0. The van der Waals surface area contributed by atoms with E-state index in [1.165, 1.54) is 0 Å². The highest BCUT2D eigenvalue weighted by Gasteiger charge is 1.67. The van der Waals surface area contributed by atoms with Gasteiger partial charge in [0.25, 0.3) is 0 Å². The fraction of sp³-hybridized carbons (Fsp3) is 0.333. The fourth-order valence-corrected chi connectivity index (χ4v) is 0.534. The predicted octanol–water partition coefficient (Wildman–Crippen LogP) is 2.82. The molecule has 0 radical (unpaired) electrons. The fourth-order valence-electron chi connectivity index (χ4n) is 0.229. The lowest BCUT2D eigenvalue weighted by molar-refractivity contribution is 0.401. The molecule has 0 saturated carbocycles. The van der Waals surface area contributed by atoms with Crippen molar-refractivity contribution in [3.05, 3.63) is 24.7 Å². The minimum Gasteiger partial charge on any atom is -0.473 e. The third-order valence-corrected chi connectivity index (χ3v) is 1.28. The van der Waals surface area contributed by atoms with Crippen LogP contribution in [0.25, 0.3) is 0 Å². The number of halogens is 2. The first-order chi connectivity index (χ1) is 4.41. The molecule has 0 unspecified atom stereocenters. The van der Waals surface area contributed by atoms with Crippen LogP contribution in [0, 0.1) is 0 Å². The highest BCUT2D eigenvalue weighted by molar-refractivity contribution is 9.09. The van der Waals surface area contributed by atoms with Crippen molar-refractivity contribution in [2.24, 2.45) is 0 Å². The van der Waals surface area contributed by atoms with E-state index in [4.69, 9.17) is 4.74 Å². The van der Waals surface area contributed by atoms with Crippen molar-refractivity contribution in [2.45, 2.75) is 0 Å². The van der Waals surface area contributed by atoms with Crippen LogP contribution in [0.1, 0.15) is 0 Å². The first-order valence-corrected chi connectivity index (χ1v) is 4.73. The van der Waals surface area contributed by atoms with E-state index in [1.54, 1.807) is 12.5 Å². The molecule has 0 rings (SSSR count). The maximum atomic E-state index is 4.89. The molecule has 0 aliphatic heterocycles. The molecule has 0 aromatic carbocycles. The molecule has 0 atom stereocenters. The van der Waals surface area contributed by atoms with Crippen LogP contribution in [0.15, 0.2) is 24.7 Å². The lowest BCUT2D eigenvalue weighted by Gasteiger charge is -1.85. The van der Waals surface area contributed by atoms with Crippen LogP contribution in [-0.2, 0) is 4.74 Å². The lowest BCUT2D eigenvalue weighted by Crippen LogP contribution is -1.66. The van der Waals surface area contributed by atoms with Crippen LogP contribution in [0.5, 0.6) is 0 Å². The maximum Gasteiger partial charge on any atom is 0.0869 e. The van der Waals surface area contributed by atoms with Crippen LogP contribution in [0.4, 0.5) is 0 Å². The standard InChI is InChI=1S/C6H8Br2O/c7-3-1-5-9-6-2-4-8/h1-2,5-6H,3-4H2/b5-1+,6-2+. The van der Waals surface area contributed by atoms with Gasteiger partial charge in [0.15, 0.2) is 0 Å². The van der Waals surface area contributed by atoms with Crippen molar-refractivity contribution in [1.29, 1.82) is 0 Å². The van der Waals surface area contributed by atoms with Gasteiger partial charge in [-0.05, 0) is 12.2 Å². The van der Waals surface area contributed by atoms with E-state index in [0.29, 0.717) is 0 Å². The normalized spacial score (nSPS) is 11.3. The molecular formula is C6H8Br2O. The first-order valence-electron chi connectivity index (χ1n) is 2.49. The molecule has 0 aliphatic carbocycles. The molecule has 0 spiro atoms. The molecule has 0 bridgehead atoms. The Kier molecular flexibility index (Phi) is 8.46. The number of allylic oxidation sites excluding steroid dienone is 2.